The number of hydrogen-bond acceptors (Lipinski definition) is 3. The molecule has 1 atom stereocenters. The van der Waals surface area contributed by atoms with Gasteiger partial charge in [-0.05, 0) is 44.8 Å². The first kappa shape index (κ1) is 14.5. The van der Waals surface area contributed by atoms with Crippen molar-refractivity contribution in [1.29, 1.82) is 0 Å². The van der Waals surface area contributed by atoms with Gasteiger partial charge in [-0.2, -0.15) is 0 Å². The molecule has 0 aromatic carbocycles. The number of aromatic nitrogens is 2. The molecule has 1 unspecified atom stereocenters. The average molecular weight is 264 g/mol. The van der Waals surface area contributed by atoms with Gasteiger partial charge in [0.05, 0.1) is 12.0 Å². The Bertz CT molecular complexity index is 355. The molecule has 0 bridgehead atoms. The van der Waals surface area contributed by atoms with Crippen LogP contribution in [-0.2, 0) is 13.1 Å². The lowest BCUT2D eigenvalue weighted by molar-refractivity contribution is 0.205. The minimum Gasteiger partial charge on any atom is -0.333 e. The van der Waals surface area contributed by atoms with Crippen LogP contribution < -0.4 is 5.32 Å². The van der Waals surface area contributed by atoms with Crippen molar-refractivity contribution in [3.8, 4) is 0 Å². The van der Waals surface area contributed by atoms with Gasteiger partial charge in [0, 0.05) is 25.8 Å². The Morgan fingerprint density at radius 2 is 2.37 bits per heavy atom. The van der Waals surface area contributed by atoms with Crippen molar-refractivity contribution in [3.63, 3.8) is 0 Å². The zero-order valence-electron chi connectivity index (χ0n) is 12.4. The van der Waals surface area contributed by atoms with Crippen LogP contribution in [0.5, 0.6) is 0 Å². The number of piperidine rings is 1. The Labute approximate surface area is 117 Å². The number of aryl methyl sites for hydroxylation is 1. The van der Waals surface area contributed by atoms with Crippen molar-refractivity contribution in [2.24, 2.45) is 5.92 Å². The largest absolute Gasteiger partial charge is 0.333 e. The van der Waals surface area contributed by atoms with E-state index < -0.39 is 0 Å². The van der Waals surface area contributed by atoms with E-state index in [1.807, 2.05) is 12.5 Å². The van der Waals surface area contributed by atoms with Crippen molar-refractivity contribution in [2.45, 2.75) is 46.2 Å². The fourth-order valence-electron chi connectivity index (χ4n) is 2.90. The number of nitrogens with one attached hydrogen (secondary N) is 1. The number of imidazole rings is 1. The lowest BCUT2D eigenvalue weighted by Gasteiger charge is -2.29. The summed E-state index contributed by atoms with van der Waals surface area (Å²) in [6.45, 7) is 11.3. The maximum atomic E-state index is 4.30. The van der Waals surface area contributed by atoms with E-state index in [0.29, 0.717) is 0 Å². The summed E-state index contributed by atoms with van der Waals surface area (Å²) < 4.78 is 2.29. The van der Waals surface area contributed by atoms with Gasteiger partial charge in [-0.25, -0.2) is 4.98 Å². The number of hydrogen-bond donors (Lipinski definition) is 1. The van der Waals surface area contributed by atoms with Crippen LogP contribution in [0.2, 0.25) is 0 Å². The summed E-state index contributed by atoms with van der Waals surface area (Å²) in [5, 5.41) is 3.51. The molecule has 4 heteroatoms. The molecular formula is C15H28N4. The standard InChI is InChI=1S/C15H28N4/c1-3-8-19-13-17-10-15(19)12-18(4-2)11-14-6-5-7-16-9-14/h10,13-14,16H,3-9,11-12H2,1-2H3. The topological polar surface area (TPSA) is 33.1 Å². The Morgan fingerprint density at radius 3 is 3.05 bits per heavy atom. The van der Waals surface area contributed by atoms with Gasteiger partial charge in [-0.1, -0.05) is 13.8 Å². The van der Waals surface area contributed by atoms with Crippen molar-refractivity contribution in [3.05, 3.63) is 18.2 Å². The van der Waals surface area contributed by atoms with Crippen LogP contribution in [0.25, 0.3) is 0 Å². The van der Waals surface area contributed by atoms with Crippen molar-refractivity contribution >= 4 is 0 Å². The molecule has 1 saturated heterocycles. The highest BCUT2D eigenvalue weighted by atomic mass is 15.2. The van der Waals surface area contributed by atoms with Gasteiger partial charge in [0.2, 0.25) is 0 Å². The molecule has 0 spiro atoms. The summed E-state index contributed by atoms with van der Waals surface area (Å²) in [6.07, 6.45) is 7.86. The second-order valence-corrected chi connectivity index (χ2v) is 5.62. The maximum absolute atomic E-state index is 4.30. The number of nitrogens with zero attached hydrogens (tertiary/aromatic N) is 3. The van der Waals surface area contributed by atoms with Crippen LogP contribution in [0.1, 0.15) is 38.8 Å². The van der Waals surface area contributed by atoms with Gasteiger partial charge in [0.1, 0.15) is 0 Å². The molecule has 0 amide bonds. The third kappa shape index (κ3) is 4.32. The van der Waals surface area contributed by atoms with Crippen molar-refractivity contribution in [1.82, 2.24) is 19.8 Å². The second-order valence-electron chi connectivity index (χ2n) is 5.62. The molecule has 0 aliphatic carbocycles. The smallest absolute Gasteiger partial charge is 0.0948 e. The van der Waals surface area contributed by atoms with E-state index in [4.69, 9.17) is 0 Å². The van der Waals surface area contributed by atoms with Crippen LogP contribution in [0.15, 0.2) is 12.5 Å². The van der Waals surface area contributed by atoms with E-state index in [0.717, 1.165) is 25.6 Å². The Kier molecular flexibility index (Phi) is 5.86. The summed E-state index contributed by atoms with van der Waals surface area (Å²) in [7, 11) is 0. The van der Waals surface area contributed by atoms with Gasteiger partial charge in [-0.15, -0.1) is 0 Å². The molecule has 2 heterocycles. The second kappa shape index (κ2) is 7.65. The molecule has 108 valence electrons. The van der Waals surface area contributed by atoms with Crippen LogP contribution >= 0.6 is 0 Å². The van der Waals surface area contributed by atoms with Gasteiger partial charge < -0.3 is 9.88 Å². The summed E-state index contributed by atoms with van der Waals surface area (Å²) in [5.41, 5.74) is 1.35. The molecule has 4 nitrogen and oxygen atoms in total. The fourth-order valence-corrected chi connectivity index (χ4v) is 2.90. The van der Waals surface area contributed by atoms with Crippen LogP contribution in [0.4, 0.5) is 0 Å². The van der Waals surface area contributed by atoms with Crippen molar-refractivity contribution < 1.29 is 0 Å². The van der Waals surface area contributed by atoms with Crippen LogP contribution in [-0.4, -0.2) is 40.6 Å². The Hall–Kier alpha value is -0.870. The highest BCUT2D eigenvalue weighted by Crippen LogP contribution is 2.14. The van der Waals surface area contributed by atoms with Gasteiger partial charge in [-0.3, -0.25) is 4.90 Å². The molecule has 0 saturated carbocycles. The first-order valence-electron chi connectivity index (χ1n) is 7.75. The van der Waals surface area contributed by atoms with Crippen LogP contribution in [0.3, 0.4) is 0 Å². The quantitative estimate of drug-likeness (QED) is 0.819. The fraction of sp³-hybridized carbons (Fsp3) is 0.800. The van der Waals surface area contributed by atoms with E-state index in [9.17, 15) is 0 Å². The molecule has 1 aromatic rings. The lowest BCUT2D eigenvalue weighted by atomic mass is 9.99. The minimum atomic E-state index is 0.816. The predicted octanol–water partition coefficient (Wildman–Crippen LogP) is 2.11. The minimum absolute atomic E-state index is 0.816. The molecule has 2 rings (SSSR count). The molecule has 1 fully saturated rings. The Morgan fingerprint density at radius 1 is 1.47 bits per heavy atom. The van der Waals surface area contributed by atoms with Gasteiger partial charge in [0.25, 0.3) is 0 Å². The molecule has 0 radical (unpaired) electrons. The summed E-state index contributed by atoms with van der Waals surface area (Å²) in [5.74, 6) is 0.816. The zero-order chi connectivity index (χ0) is 13.5. The monoisotopic (exact) mass is 264 g/mol. The van der Waals surface area contributed by atoms with E-state index in [-0.39, 0.29) is 0 Å². The summed E-state index contributed by atoms with van der Waals surface area (Å²) in [4.78, 5) is 6.86. The molecule has 19 heavy (non-hydrogen) atoms. The predicted molar refractivity (Wildman–Crippen MR) is 79.1 cm³/mol. The van der Waals surface area contributed by atoms with E-state index in [1.54, 1.807) is 0 Å². The van der Waals surface area contributed by atoms with Gasteiger partial charge >= 0.3 is 0 Å². The van der Waals surface area contributed by atoms with E-state index in [1.165, 1.54) is 44.6 Å². The molecular weight excluding hydrogens is 236 g/mol. The SMILES string of the molecule is CCCn1cncc1CN(CC)CC1CCCNC1. The van der Waals surface area contributed by atoms with Gasteiger partial charge in [0.15, 0.2) is 0 Å². The normalized spacial score (nSPS) is 20.1. The van der Waals surface area contributed by atoms with Crippen molar-refractivity contribution in [2.75, 3.05) is 26.2 Å². The Balaban J connectivity index is 1.88. The first-order valence-corrected chi connectivity index (χ1v) is 7.75. The highest BCUT2D eigenvalue weighted by molar-refractivity contribution is 4.98. The average Bonchev–Trinajstić information content (AvgIpc) is 2.87. The first-order chi connectivity index (χ1) is 9.33. The maximum Gasteiger partial charge on any atom is 0.0948 e. The van der Waals surface area contributed by atoms with Crippen LogP contribution in [0, 0.1) is 5.92 Å². The van der Waals surface area contributed by atoms with E-state index in [2.05, 4.69) is 33.6 Å². The molecule has 1 aliphatic heterocycles. The summed E-state index contributed by atoms with van der Waals surface area (Å²) in [6, 6.07) is 0. The molecule has 1 aromatic heterocycles. The third-order valence-corrected chi connectivity index (χ3v) is 4.01. The highest BCUT2D eigenvalue weighted by Gasteiger charge is 2.17. The van der Waals surface area contributed by atoms with E-state index >= 15 is 0 Å². The lowest BCUT2D eigenvalue weighted by Crippen LogP contribution is -2.38. The third-order valence-electron chi connectivity index (χ3n) is 4.01. The molecule has 1 N–H and O–H groups in total. The number of rotatable bonds is 7. The summed E-state index contributed by atoms with van der Waals surface area (Å²) >= 11 is 0. The zero-order valence-corrected chi connectivity index (χ0v) is 12.4. The molecule has 1 aliphatic rings.